The number of benzene rings is 1. The Morgan fingerprint density at radius 3 is 2.00 bits per heavy atom. The molecule has 3 rings (SSSR count). The highest BCUT2D eigenvalue weighted by atomic mass is 32.2. The lowest BCUT2D eigenvalue weighted by Gasteiger charge is -2.38. The predicted molar refractivity (Wildman–Crippen MR) is 122 cm³/mol. The number of hydrogen-bond donors (Lipinski definition) is 0. The van der Waals surface area contributed by atoms with Crippen molar-refractivity contribution in [3.05, 3.63) is 30.3 Å². The Bertz CT molecular complexity index is 547. The Morgan fingerprint density at radius 2 is 1.41 bits per heavy atom. The van der Waals surface area contributed by atoms with E-state index in [2.05, 4.69) is 6.92 Å². The molecule has 0 spiro atoms. The molecule has 2 fully saturated rings. The summed E-state index contributed by atoms with van der Waals surface area (Å²) in [5.41, 5.74) is -1.45. The number of hydrogen-bond acceptors (Lipinski definition) is 1. The van der Waals surface area contributed by atoms with Crippen LogP contribution in [0.5, 0.6) is 0 Å². The summed E-state index contributed by atoms with van der Waals surface area (Å²) in [5.74, 6) is 3.11. The molecule has 1 aromatic rings. The molecular weight excluding hydrogens is 382 g/mol. The summed E-state index contributed by atoms with van der Waals surface area (Å²) < 4.78 is 28.8. The van der Waals surface area contributed by atoms with E-state index < -0.39 is 11.7 Å². The highest BCUT2D eigenvalue weighted by Crippen LogP contribution is 2.43. The molecule has 0 aliphatic heterocycles. The molecule has 0 radical (unpaired) electrons. The summed E-state index contributed by atoms with van der Waals surface area (Å²) in [4.78, 5) is 0.816. The topological polar surface area (TPSA) is 0 Å². The second-order valence-corrected chi connectivity index (χ2v) is 10.7. The van der Waals surface area contributed by atoms with Crippen molar-refractivity contribution in [1.29, 1.82) is 0 Å². The summed E-state index contributed by atoms with van der Waals surface area (Å²) in [6, 6.07) is 9.37. The van der Waals surface area contributed by atoms with Gasteiger partial charge in [0.15, 0.2) is 5.50 Å². The molecule has 0 heterocycles. The molecule has 0 aromatic heterocycles. The molecular formula is C26H40F2S. The Labute approximate surface area is 181 Å². The van der Waals surface area contributed by atoms with E-state index in [4.69, 9.17) is 0 Å². The lowest BCUT2D eigenvalue weighted by atomic mass is 9.68. The lowest BCUT2D eigenvalue weighted by molar-refractivity contribution is 0.120. The van der Waals surface area contributed by atoms with E-state index in [9.17, 15) is 8.78 Å². The molecule has 0 nitrogen and oxygen atoms in total. The molecule has 2 saturated carbocycles. The van der Waals surface area contributed by atoms with Crippen LogP contribution in [0, 0.1) is 23.7 Å². The highest BCUT2D eigenvalue weighted by molar-refractivity contribution is 7.99. The van der Waals surface area contributed by atoms with Gasteiger partial charge in [-0.3, -0.25) is 0 Å². The van der Waals surface area contributed by atoms with Crippen LogP contribution in [-0.2, 0) is 0 Å². The van der Waals surface area contributed by atoms with E-state index in [-0.39, 0.29) is 0 Å². The minimum atomic E-state index is -1.45. The summed E-state index contributed by atoms with van der Waals surface area (Å²) in [6.45, 7) is 2.29. The van der Waals surface area contributed by atoms with Crippen LogP contribution in [0.25, 0.3) is 0 Å². The molecule has 0 N–H and O–H groups in total. The standard InChI is InChI=1S/C26H40F2S/c1-2-3-5-8-20-11-15-22(16-12-20)23-17-13-21(14-18-23)19-25(27)26(28)29-24-9-6-4-7-10-24/h4,6-7,9-10,20-23,25-26H,2-3,5,8,11-19H2,1H3/t20?,21?,22?,23?,25-,26+/m1/s1. The largest absolute Gasteiger partial charge is 0.243 e. The van der Waals surface area contributed by atoms with Crippen molar-refractivity contribution in [2.24, 2.45) is 23.7 Å². The van der Waals surface area contributed by atoms with Crippen LogP contribution in [0.1, 0.15) is 90.4 Å². The van der Waals surface area contributed by atoms with Crippen LogP contribution in [0.15, 0.2) is 35.2 Å². The Balaban J connectivity index is 1.33. The first-order valence-corrected chi connectivity index (χ1v) is 13.0. The fourth-order valence-electron chi connectivity index (χ4n) is 5.65. The van der Waals surface area contributed by atoms with Crippen molar-refractivity contribution in [3.63, 3.8) is 0 Å². The van der Waals surface area contributed by atoms with Crippen LogP contribution in [0.3, 0.4) is 0 Å². The maximum atomic E-state index is 14.5. The molecule has 0 amide bonds. The van der Waals surface area contributed by atoms with Gasteiger partial charge < -0.3 is 0 Å². The van der Waals surface area contributed by atoms with E-state index in [1.165, 1.54) is 64.2 Å². The average Bonchev–Trinajstić information content (AvgIpc) is 2.76. The first-order chi connectivity index (χ1) is 14.2. The third kappa shape index (κ3) is 7.56. The van der Waals surface area contributed by atoms with Crippen molar-refractivity contribution in [2.75, 3.05) is 0 Å². The molecule has 2 aliphatic carbocycles. The SMILES string of the molecule is CCCCCC1CCC(C2CCC(C[C@@H](F)[C@@H](F)Sc3ccccc3)CC2)CC1. The third-order valence-corrected chi connectivity index (χ3v) is 8.56. The average molecular weight is 423 g/mol. The molecule has 164 valence electrons. The fraction of sp³-hybridized carbons (Fsp3) is 0.769. The highest BCUT2D eigenvalue weighted by Gasteiger charge is 2.33. The molecule has 2 atom stereocenters. The monoisotopic (exact) mass is 422 g/mol. The van der Waals surface area contributed by atoms with Gasteiger partial charge in [-0.25, -0.2) is 8.78 Å². The van der Waals surface area contributed by atoms with Crippen LogP contribution < -0.4 is 0 Å². The molecule has 0 unspecified atom stereocenters. The van der Waals surface area contributed by atoms with Gasteiger partial charge in [-0.05, 0) is 67.9 Å². The summed E-state index contributed by atoms with van der Waals surface area (Å²) >= 11 is 1.03. The van der Waals surface area contributed by atoms with Crippen LogP contribution >= 0.6 is 11.8 Å². The van der Waals surface area contributed by atoms with Crippen molar-refractivity contribution < 1.29 is 8.78 Å². The first-order valence-electron chi connectivity index (χ1n) is 12.2. The summed E-state index contributed by atoms with van der Waals surface area (Å²) in [7, 11) is 0. The van der Waals surface area contributed by atoms with E-state index in [1.54, 1.807) is 0 Å². The maximum Gasteiger partial charge on any atom is 0.181 e. The van der Waals surface area contributed by atoms with Gasteiger partial charge in [-0.15, -0.1) is 0 Å². The molecule has 3 heteroatoms. The first kappa shape index (κ1) is 23.1. The second kappa shape index (κ2) is 12.3. The van der Waals surface area contributed by atoms with Gasteiger partial charge in [0.2, 0.25) is 0 Å². The van der Waals surface area contributed by atoms with Gasteiger partial charge >= 0.3 is 0 Å². The van der Waals surface area contributed by atoms with E-state index in [0.717, 1.165) is 47.3 Å². The number of halogens is 2. The number of alkyl halides is 2. The van der Waals surface area contributed by atoms with Crippen LogP contribution in [0.2, 0.25) is 0 Å². The van der Waals surface area contributed by atoms with Crippen LogP contribution in [-0.4, -0.2) is 11.7 Å². The predicted octanol–water partition coefficient (Wildman–Crippen LogP) is 9.00. The molecule has 29 heavy (non-hydrogen) atoms. The number of thioether (sulfide) groups is 1. The zero-order valence-corrected chi connectivity index (χ0v) is 19.0. The van der Waals surface area contributed by atoms with Gasteiger partial charge in [0, 0.05) is 4.90 Å². The zero-order valence-electron chi connectivity index (χ0n) is 18.2. The van der Waals surface area contributed by atoms with Gasteiger partial charge in [0.05, 0.1) is 0 Å². The van der Waals surface area contributed by atoms with Gasteiger partial charge in [0.25, 0.3) is 0 Å². The van der Waals surface area contributed by atoms with E-state index in [1.807, 2.05) is 30.3 Å². The van der Waals surface area contributed by atoms with Gasteiger partial charge in [-0.2, -0.15) is 0 Å². The molecule has 2 aliphatic rings. The Morgan fingerprint density at radius 1 is 0.828 bits per heavy atom. The molecule has 1 aromatic carbocycles. The second-order valence-electron chi connectivity index (χ2n) is 9.59. The maximum absolute atomic E-state index is 14.5. The third-order valence-electron chi connectivity index (χ3n) is 7.50. The Kier molecular flexibility index (Phi) is 9.82. The number of unbranched alkanes of at least 4 members (excludes halogenated alkanes) is 2. The van der Waals surface area contributed by atoms with Gasteiger partial charge in [-0.1, -0.05) is 88.3 Å². The normalized spacial score (nSPS) is 30.0. The molecule has 0 saturated heterocycles. The minimum absolute atomic E-state index is 0.376. The number of rotatable bonds is 10. The Hall–Kier alpha value is -0.570. The zero-order chi connectivity index (χ0) is 20.5. The van der Waals surface area contributed by atoms with Crippen LogP contribution in [0.4, 0.5) is 8.78 Å². The van der Waals surface area contributed by atoms with E-state index >= 15 is 0 Å². The van der Waals surface area contributed by atoms with E-state index in [0.29, 0.717) is 12.3 Å². The van der Waals surface area contributed by atoms with Crippen molar-refractivity contribution in [3.8, 4) is 0 Å². The summed E-state index contributed by atoms with van der Waals surface area (Å²) in [6.07, 6.45) is 15.0. The van der Waals surface area contributed by atoms with Gasteiger partial charge in [0.1, 0.15) is 6.17 Å². The summed E-state index contributed by atoms with van der Waals surface area (Å²) in [5, 5.41) is 0. The lowest BCUT2D eigenvalue weighted by Crippen LogP contribution is -2.27. The molecule has 0 bridgehead atoms. The fourth-order valence-corrected chi connectivity index (χ4v) is 6.49. The van der Waals surface area contributed by atoms with Crippen molar-refractivity contribution in [1.82, 2.24) is 0 Å². The van der Waals surface area contributed by atoms with Crippen molar-refractivity contribution >= 4 is 11.8 Å². The minimum Gasteiger partial charge on any atom is -0.243 e. The smallest absolute Gasteiger partial charge is 0.181 e. The van der Waals surface area contributed by atoms with Crippen molar-refractivity contribution in [2.45, 2.75) is 107 Å². The quantitative estimate of drug-likeness (QED) is 0.268.